The van der Waals surface area contributed by atoms with Crippen LogP contribution in [0, 0.1) is 0 Å². The number of nitrogens with zero attached hydrogens (tertiary/aromatic N) is 2. The Kier molecular flexibility index (Phi) is 19.9. The Hall–Kier alpha value is -4.82. The Morgan fingerprint density at radius 2 is 1.04 bits per heavy atom. The van der Waals surface area contributed by atoms with Crippen molar-refractivity contribution in [3.8, 4) is 0 Å². The second kappa shape index (κ2) is 27.0. The molecule has 12 rings (SSSR count). The van der Waals surface area contributed by atoms with Crippen LogP contribution in [-0.4, -0.2) is 207 Å². The van der Waals surface area contributed by atoms with E-state index in [4.69, 9.17) is 61.3 Å². The predicted molar refractivity (Wildman–Crippen MR) is 299 cm³/mol. The number of aliphatic hydroxyl groups is 7. The van der Waals surface area contributed by atoms with Crippen LogP contribution in [0.15, 0.2) is 60.7 Å². The van der Waals surface area contributed by atoms with Gasteiger partial charge in [-0.2, -0.15) is 0 Å². The van der Waals surface area contributed by atoms with Gasteiger partial charge in [0.05, 0.1) is 46.9 Å². The number of amides is 2. The Morgan fingerprint density at radius 1 is 0.500 bits per heavy atom. The first-order chi connectivity index (χ1) is 39.5. The highest BCUT2D eigenvalue weighted by molar-refractivity contribution is 6.10. The molecule has 5 aromatic rings. The number of benzene rings is 3. The van der Waals surface area contributed by atoms with Crippen molar-refractivity contribution in [2.24, 2.45) is 22.9 Å². The first-order valence-electron chi connectivity index (χ1n) is 28.7. The highest BCUT2D eigenvalue weighted by Gasteiger charge is 2.54. The molecule has 1 aliphatic carbocycles. The van der Waals surface area contributed by atoms with Gasteiger partial charge < -0.3 is 108 Å². The number of pyridine rings is 2. The molecule has 4 fully saturated rings. The fourth-order valence-electron chi connectivity index (χ4n) is 11.7. The first-order valence-corrected chi connectivity index (χ1v) is 28.7. The van der Waals surface area contributed by atoms with E-state index in [0.29, 0.717) is 25.9 Å². The highest BCUT2D eigenvalue weighted by Crippen LogP contribution is 2.35. The van der Waals surface area contributed by atoms with Crippen molar-refractivity contribution < 1.29 is 73.8 Å². The largest absolute Gasteiger partial charge is 0.394 e. The summed E-state index contributed by atoms with van der Waals surface area (Å²) >= 11 is 0. The molecule has 25 heteroatoms. The van der Waals surface area contributed by atoms with Gasteiger partial charge in [0.15, 0.2) is 18.9 Å². The van der Waals surface area contributed by atoms with Gasteiger partial charge in [0.1, 0.15) is 67.1 Å². The molecule has 82 heavy (non-hydrogen) atoms. The van der Waals surface area contributed by atoms with E-state index in [0.717, 1.165) is 93.5 Å². The number of carbonyl (C=O) groups excluding carboxylic acids is 2. The summed E-state index contributed by atoms with van der Waals surface area (Å²) in [5.74, 6) is -0.597. The average molecular weight is 1150 g/mol. The van der Waals surface area contributed by atoms with Crippen LogP contribution >= 0.6 is 0 Å². The van der Waals surface area contributed by atoms with Crippen molar-refractivity contribution in [1.29, 1.82) is 0 Å². The smallest absolute Gasteiger partial charge is 0.220 e. The van der Waals surface area contributed by atoms with Gasteiger partial charge in [-0.1, -0.05) is 31.0 Å². The fraction of sp³-hybridized carbons (Fsp3) is 0.614. The van der Waals surface area contributed by atoms with Crippen LogP contribution in [0.1, 0.15) is 68.9 Å². The quantitative estimate of drug-likeness (QED) is 0.0628. The molecule has 2 aromatic heterocycles. The number of carbonyl (C=O) groups is 2. The molecule has 3 aromatic carbocycles. The summed E-state index contributed by atoms with van der Waals surface area (Å²) in [6.45, 7) is 1.62. The molecule has 19 N–H and O–H groups in total. The number of hydrogen-bond acceptors (Lipinski definition) is 23. The maximum atomic E-state index is 13.0. The molecule has 448 valence electrons. The average Bonchev–Trinajstić information content (AvgIpc) is 3.88. The molecule has 3 saturated heterocycles. The monoisotopic (exact) mass is 1140 g/mol. The van der Waals surface area contributed by atoms with Gasteiger partial charge >= 0.3 is 0 Å². The minimum atomic E-state index is -1.72. The van der Waals surface area contributed by atoms with Crippen molar-refractivity contribution in [1.82, 2.24) is 31.2 Å². The third-order valence-corrected chi connectivity index (χ3v) is 16.6. The van der Waals surface area contributed by atoms with Crippen molar-refractivity contribution in [3.63, 3.8) is 0 Å². The zero-order chi connectivity index (χ0) is 57.8. The Bertz CT molecular complexity index is 2990. The molecule has 25 nitrogen and oxygen atoms in total. The van der Waals surface area contributed by atoms with E-state index < -0.39 is 123 Å². The normalized spacial score (nSPS) is 37.0. The zero-order valence-electron chi connectivity index (χ0n) is 45.7. The third-order valence-electron chi connectivity index (χ3n) is 16.6. The number of aliphatic hydroxyl groups excluding tert-OH is 7. The van der Waals surface area contributed by atoms with E-state index in [1.165, 1.54) is 0 Å². The zero-order valence-corrected chi connectivity index (χ0v) is 45.7. The van der Waals surface area contributed by atoms with E-state index in [-0.39, 0.29) is 44.2 Å². The van der Waals surface area contributed by atoms with Crippen molar-refractivity contribution in [2.45, 2.75) is 187 Å². The van der Waals surface area contributed by atoms with Crippen LogP contribution in [0.25, 0.3) is 43.6 Å². The van der Waals surface area contributed by atoms with Gasteiger partial charge in [0.25, 0.3) is 0 Å². The maximum absolute atomic E-state index is 13.0. The fourth-order valence-corrected chi connectivity index (χ4v) is 11.7. The topological polar surface area (TPSA) is 409 Å². The molecular weight excluding hydrogens is 1060 g/mol. The molecule has 2 amide bonds. The van der Waals surface area contributed by atoms with Gasteiger partial charge in [-0.15, -0.1) is 0 Å². The number of hydrogen-bond donors (Lipinski definition) is 15. The van der Waals surface area contributed by atoms with E-state index in [9.17, 15) is 45.3 Å². The maximum Gasteiger partial charge on any atom is 0.220 e. The van der Waals surface area contributed by atoms with Crippen molar-refractivity contribution in [3.05, 3.63) is 71.8 Å². The Balaban J connectivity index is 0.818. The number of aromatic nitrogens is 2. The van der Waals surface area contributed by atoms with Gasteiger partial charge in [0, 0.05) is 72.6 Å². The molecule has 0 unspecified atom stereocenters. The van der Waals surface area contributed by atoms with Gasteiger partial charge in [0.2, 0.25) is 11.8 Å². The number of rotatable bonds is 1. The number of ether oxygens (including phenoxy) is 6. The predicted octanol–water partition coefficient (Wildman–Crippen LogP) is -2.16. The van der Waals surface area contributed by atoms with Crippen molar-refractivity contribution in [2.75, 3.05) is 32.8 Å². The lowest BCUT2D eigenvalue weighted by molar-refractivity contribution is -0.307. The van der Waals surface area contributed by atoms with E-state index in [1.54, 1.807) is 0 Å². The third kappa shape index (κ3) is 13.6. The summed E-state index contributed by atoms with van der Waals surface area (Å²) in [7, 11) is 0. The number of nitrogens with two attached hydrogens (primary N) is 4. The first kappa shape index (κ1) is 60.3. The summed E-state index contributed by atoms with van der Waals surface area (Å²) in [6.07, 6.45) is -17.1. The lowest BCUT2D eigenvalue weighted by Crippen LogP contribution is -2.68. The van der Waals surface area contributed by atoms with E-state index in [1.807, 2.05) is 18.2 Å². The van der Waals surface area contributed by atoms with E-state index in [2.05, 4.69) is 63.7 Å². The molecule has 14 bridgehead atoms. The Morgan fingerprint density at radius 3 is 1.62 bits per heavy atom. The summed E-state index contributed by atoms with van der Waals surface area (Å²) in [5.41, 5.74) is 31.2. The van der Waals surface area contributed by atoms with Crippen LogP contribution in [0.2, 0.25) is 0 Å². The molecule has 1 saturated carbocycles. The van der Waals surface area contributed by atoms with Gasteiger partial charge in [-0.25, -0.2) is 9.97 Å². The lowest BCUT2D eigenvalue weighted by atomic mass is 9.84. The van der Waals surface area contributed by atoms with Crippen LogP contribution in [-0.2, 0) is 51.1 Å². The molecule has 0 radical (unpaired) electrons. The lowest BCUT2D eigenvalue weighted by Gasteiger charge is -2.47. The molecular formula is C57H80N10O15. The van der Waals surface area contributed by atoms with Crippen LogP contribution in [0.3, 0.4) is 0 Å². The standard InChI is InChI=1S/C57H80N10O15/c58-33-21-34(59)52-54(46(33)71)82-57-51(76)53(40(26-68)79-57)81-56-44(61)50(75)48(73)39(78-56)25-65-42(70)8-4-2-6-16-63-23-28-9-12-35-31(18-28)20-32-37(66-35)14-11-29-19-30-17-27(10-13-36(30)67-45(29)32)22-62-15-5-1-3-7-41(69)64-24-38-47(72)49(74)43(60)55(77-38)80-52/h9-14,17-20,33-34,38-40,43-44,46-57,62-63,68,71-76H,1-8,15-16,21-26,58-61H2,(H,64,69)(H,65,70)/t33-,34+,38-,39+,40-,43-,44-,46+,47-,48-,49-,50-,51-,52-,53-,54-,55-,56-,57+/m1/s1. The molecule has 7 aliphatic rings. The van der Waals surface area contributed by atoms with Crippen LogP contribution in [0.5, 0.6) is 0 Å². The SMILES string of the molecule is N[C@H]1[C@H]2O[C@H]3[C@@H](O)[C@H](O[C@@H]4[C@@H](O)[C@H](N)C[C@H](N)[C@H]4O[C@H]4O[C@H](CNC(=O)CCCCCNCc5ccc6nc7c(ccc8nc9ccc(cc9cc87)CNCCCCCC(=O)NC[C@H](O2)[C@@H](O)[C@@H]1O)cc6c5)[C@@H](O)[C@H](O)[C@H]4N)O[C@@H]3CO. The second-order valence-corrected chi connectivity index (χ2v) is 22.6. The summed E-state index contributed by atoms with van der Waals surface area (Å²) < 4.78 is 36.5. The molecule has 8 heterocycles. The molecule has 0 spiro atoms. The van der Waals surface area contributed by atoms with Crippen LogP contribution < -0.4 is 44.2 Å². The van der Waals surface area contributed by atoms with E-state index >= 15 is 0 Å². The minimum absolute atomic E-state index is 0.0206. The molecule has 19 atom stereocenters. The molecule has 6 aliphatic heterocycles. The second-order valence-electron chi connectivity index (χ2n) is 22.6. The van der Waals surface area contributed by atoms with Gasteiger partial charge in [-0.3, -0.25) is 9.59 Å². The summed E-state index contributed by atoms with van der Waals surface area (Å²) in [5, 5.41) is 94.2. The number of nitrogens with one attached hydrogen (secondary N) is 4. The van der Waals surface area contributed by atoms with Crippen LogP contribution in [0.4, 0.5) is 0 Å². The summed E-state index contributed by atoms with van der Waals surface area (Å²) in [4.78, 5) is 36.2. The summed E-state index contributed by atoms with van der Waals surface area (Å²) in [6, 6.07) is 16.3. The number of fused-ring (bicyclic) bond motifs is 1. The van der Waals surface area contributed by atoms with Gasteiger partial charge in [-0.05, 0) is 98.8 Å². The Labute approximate surface area is 473 Å². The van der Waals surface area contributed by atoms with Crippen molar-refractivity contribution >= 4 is 55.4 Å². The highest BCUT2D eigenvalue weighted by atomic mass is 16.8. The minimum Gasteiger partial charge on any atom is -0.394 e.